The highest BCUT2D eigenvalue weighted by Crippen LogP contribution is 2.19. The lowest BCUT2D eigenvalue weighted by atomic mass is 10.1. The van der Waals surface area contributed by atoms with Gasteiger partial charge in [-0.2, -0.15) is 9.41 Å². The van der Waals surface area contributed by atoms with Crippen LogP contribution >= 0.6 is 0 Å². The molecule has 1 aromatic rings. The summed E-state index contributed by atoms with van der Waals surface area (Å²) < 4.78 is 37.4. The van der Waals surface area contributed by atoms with E-state index in [2.05, 4.69) is 20.8 Å². The van der Waals surface area contributed by atoms with E-state index in [4.69, 9.17) is 9.47 Å². The van der Waals surface area contributed by atoms with Gasteiger partial charge in [0.2, 0.25) is 0 Å². The summed E-state index contributed by atoms with van der Waals surface area (Å²) in [6.07, 6.45) is 0.799. The fourth-order valence-electron chi connectivity index (χ4n) is 2.84. The number of hydrogen-bond donors (Lipinski definition) is 2. The van der Waals surface area contributed by atoms with E-state index in [-0.39, 0.29) is 30.4 Å². The summed E-state index contributed by atoms with van der Waals surface area (Å²) in [6.45, 7) is 7.05. The quantitative estimate of drug-likeness (QED) is 0.646. The Morgan fingerprint density at radius 3 is 2.65 bits per heavy atom. The van der Waals surface area contributed by atoms with Crippen molar-refractivity contribution in [3.05, 3.63) is 24.4 Å². The number of hydrogen-bond acceptors (Lipinski definition) is 8. The van der Waals surface area contributed by atoms with Crippen molar-refractivity contribution in [2.45, 2.75) is 57.2 Å². The molecule has 12 heteroatoms. The minimum atomic E-state index is -3.89. The Labute approximate surface area is 182 Å². The number of sulfonamides is 1. The van der Waals surface area contributed by atoms with Crippen molar-refractivity contribution in [3.8, 4) is 0 Å². The molecule has 1 atom stereocenters. The Morgan fingerprint density at radius 1 is 1.29 bits per heavy atom. The zero-order valence-electron chi connectivity index (χ0n) is 18.1. The van der Waals surface area contributed by atoms with Crippen LogP contribution in [0.25, 0.3) is 0 Å². The first-order valence-electron chi connectivity index (χ1n) is 9.93. The first-order valence-corrected chi connectivity index (χ1v) is 11.4. The summed E-state index contributed by atoms with van der Waals surface area (Å²) in [5.74, 6) is 0. The summed E-state index contributed by atoms with van der Waals surface area (Å²) in [6, 6.07) is 3.98. The van der Waals surface area contributed by atoms with Crippen molar-refractivity contribution in [3.63, 3.8) is 0 Å². The first-order chi connectivity index (χ1) is 14.5. The standard InChI is InChI=1S/C19H29N5O6S/c1-5-29-18(26)23-22-15-13-24(31(27,28)16-10-6-7-11-20-16)12-8-9-14(15)21-17(25)30-19(2,3)4/h6-7,10-11,14H,5,8-9,12-13H2,1-4H3,(H,21,25)(H,23,26)/b22-15+. The number of aromatic nitrogens is 1. The predicted molar refractivity (Wildman–Crippen MR) is 113 cm³/mol. The van der Waals surface area contributed by atoms with Gasteiger partial charge in [0.25, 0.3) is 10.0 Å². The minimum Gasteiger partial charge on any atom is -0.449 e. The van der Waals surface area contributed by atoms with E-state index in [0.717, 1.165) is 0 Å². The Morgan fingerprint density at radius 2 is 2.03 bits per heavy atom. The first kappa shape index (κ1) is 24.5. The highest BCUT2D eigenvalue weighted by molar-refractivity contribution is 7.89. The molecule has 172 valence electrons. The molecule has 0 bridgehead atoms. The summed E-state index contributed by atoms with van der Waals surface area (Å²) >= 11 is 0. The molecule has 2 heterocycles. The molecule has 1 aliphatic rings. The third kappa shape index (κ3) is 7.47. The number of ether oxygens (including phenoxy) is 2. The molecule has 0 aliphatic carbocycles. The molecule has 1 unspecified atom stereocenters. The number of nitrogens with zero attached hydrogens (tertiary/aromatic N) is 3. The fourth-order valence-corrected chi connectivity index (χ4v) is 4.23. The summed E-state index contributed by atoms with van der Waals surface area (Å²) in [5.41, 5.74) is 1.78. The molecule has 1 aliphatic heterocycles. The van der Waals surface area contributed by atoms with Crippen molar-refractivity contribution < 1.29 is 27.5 Å². The van der Waals surface area contributed by atoms with Gasteiger partial charge in [-0.25, -0.2) is 28.4 Å². The van der Waals surface area contributed by atoms with E-state index in [9.17, 15) is 18.0 Å². The van der Waals surface area contributed by atoms with E-state index < -0.39 is 33.9 Å². The largest absolute Gasteiger partial charge is 0.449 e. The van der Waals surface area contributed by atoms with Crippen LogP contribution < -0.4 is 10.7 Å². The molecule has 1 aromatic heterocycles. The van der Waals surface area contributed by atoms with Crippen LogP contribution in [0.4, 0.5) is 9.59 Å². The topological polar surface area (TPSA) is 139 Å². The second kappa shape index (κ2) is 10.5. The van der Waals surface area contributed by atoms with Crippen molar-refractivity contribution in [2.75, 3.05) is 19.7 Å². The van der Waals surface area contributed by atoms with Crippen LogP contribution in [0.3, 0.4) is 0 Å². The second-order valence-corrected chi connectivity index (χ2v) is 9.67. The van der Waals surface area contributed by atoms with Crippen molar-refractivity contribution in [1.82, 2.24) is 20.0 Å². The molecular weight excluding hydrogens is 426 g/mol. The molecule has 2 amide bonds. The van der Waals surface area contributed by atoms with Gasteiger partial charge in [0.15, 0.2) is 5.03 Å². The number of rotatable bonds is 5. The molecule has 11 nitrogen and oxygen atoms in total. The van der Waals surface area contributed by atoms with E-state index in [0.29, 0.717) is 12.8 Å². The number of carbonyl (C=O) groups is 2. The third-order valence-corrected chi connectivity index (χ3v) is 5.90. The van der Waals surface area contributed by atoms with E-state index in [1.807, 2.05) is 0 Å². The third-order valence-electron chi connectivity index (χ3n) is 4.14. The maximum Gasteiger partial charge on any atom is 0.427 e. The molecule has 1 fully saturated rings. The van der Waals surface area contributed by atoms with E-state index in [1.54, 1.807) is 39.8 Å². The maximum absolute atomic E-state index is 13.0. The zero-order valence-corrected chi connectivity index (χ0v) is 18.9. The number of amides is 2. The van der Waals surface area contributed by atoms with Crippen molar-refractivity contribution in [1.29, 1.82) is 0 Å². The molecule has 31 heavy (non-hydrogen) atoms. The van der Waals surface area contributed by atoms with Gasteiger partial charge < -0.3 is 14.8 Å². The number of carbonyl (C=O) groups excluding carboxylic acids is 2. The number of alkyl carbamates (subject to hydrolysis) is 1. The Kier molecular flexibility index (Phi) is 8.34. The zero-order chi connectivity index (χ0) is 23.1. The lowest BCUT2D eigenvalue weighted by Gasteiger charge is -2.24. The summed E-state index contributed by atoms with van der Waals surface area (Å²) in [7, 11) is -3.89. The lowest BCUT2D eigenvalue weighted by Crippen LogP contribution is -2.46. The van der Waals surface area contributed by atoms with Crippen LogP contribution in [-0.4, -0.2) is 66.9 Å². The van der Waals surface area contributed by atoms with E-state index in [1.165, 1.54) is 16.6 Å². The predicted octanol–water partition coefficient (Wildman–Crippen LogP) is 1.86. The Balaban J connectivity index is 2.28. The van der Waals surface area contributed by atoms with Gasteiger partial charge in [0.1, 0.15) is 5.60 Å². The van der Waals surface area contributed by atoms with E-state index >= 15 is 0 Å². The molecule has 1 saturated heterocycles. The number of hydrazone groups is 1. The molecular formula is C19H29N5O6S. The molecule has 0 radical (unpaired) electrons. The molecule has 0 spiro atoms. The molecule has 2 N–H and O–H groups in total. The highest BCUT2D eigenvalue weighted by Gasteiger charge is 2.33. The van der Waals surface area contributed by atoms with Crippen LogP contribution in [0.2, 0.25) is 0 Å². The van der Waals surface area contributed by atoms with Gasteiger partial charge in [-0.1, -0.05) is 6.07 Å². The SMILES string of the molecule is CCOC(=O)N/N=C1\CN(S(=O)(=O)c2ccccn2)CCCC1NC(=O)OC(C)(C)C. The summed E-state index contributed by atoms with van der Waals surface area (Å²) in [4.78, 5) is 27.9. The van der Waals surface area contributed by atoms with Crippen LogP contribution in [0.15, 0.2) is 34.5 Å². The maximum atomic E-state index is 13.0. The van der Waals surface area contributed by atoms with Gasteiger partial charge in [0.05, 0.1) is 24.9 Å². The van der Waals surface area contributed by atoms with Crippen molar-refractivity contribution in [2.24, 2.45) is 5.10 Å². The van der Waals surface area contributed by atoms with Crippen LogP contribution in [-0.2, 0) is 19.5 Å². The second-order valence-electron chi connectivity index (χ2n) is 7.78. The Bertz CT molecular complexity index is 898. The minimum absolute atomic E-state index is 0.0914. The summed E-state index contributed by atoms with van der Waals surface area (Å²) in [5, 5.41) is 6.67. The molecule has 2 rings (SSSR count). The fraction of sp³-hybridized carbons (Fsp3) is 0.579. The normalized spacial score (nSPS) is 19.4. The smallest absolute Gasteiger partial charge is 0.427 e. The number of nitrogens with one attached hydrogen (secondary N) is 2. The number of pyridine rings is 1. The average Bonchev–Trinajstić information content (AvgIpc) is 2.88. The van der Waals surface area contributed by atoms with Crippen LogP contribution in [0.5, 0.6) is 0 Å². The molecule has 0 aromatic carbocycles. The van der Waals surface area contributed by atoms with Crippen LogP contribution in [0, 0.1) is 0 Å². The van der Waals surface area contributed by atoms with Gasteiger partial charge in [-0.15, -0.1) is 0 Å². The van der Waals surface area contributed by atoms with Gasteiger partial charge >= 0.3 is 12.2 Å². The van der Waals surface area contributed by atoms with Gasteiger partial charge in [-0.05, 0) is 52.7 Å². The highest BCUT2D eigenvalue weighted by atomic mass is 32.2. The van der Waals surface area contributed by atoms with Gasteiger partial charge in [-0.3, -0.25) is 0 Å². The molecule has 0 saturated carbocycles. The average molecular weight is 456 g/mol. The lowest BCUT2D eigenvalue weighted by molar-refractivity contribution is 0.0516. The monoisotopic (exact) mass is 455 g/mol. The Hall–Kier alpha value is -2.73. The van der Waals surface area contributed by atoms with Gasteiger partial charge in [0, 0.05) is 12.7 Å². The van der Waals surface area contributed by atoms with Crippen LogP contribution in [0.1, 0.15) is 40.5 Å². The van der Waals surface area contributed by atoms with Crippen molar-refractivity contribution >= 4 is 27.9 Å².